The minimum atomic E-state index is -0.235. The largest absolute Gasteiger partial charge is 0.497 e. The van der Waals surface area contributed by atoms with Crippen molar-refractivity contribution in [1.29, 1.82) is 0 Å². The molecule has 0 aliphatic carbocycles. The molecule has 0 spiro atoms. The third-order valence-corrected chi connectivity index (χ3v) is 3.79. The van der Waals surface area contributed by atoms with Crippen molar-refractivity contribution in [3.8, 4) is 11.5 Å². The summed E-state index contributed by atoms with van der Waals surface area (Å²) in [4.78, 5) is 0. The normalized spacial score (nSPS) is 16.8. The molecule has 110 valence electrons. The number of nitrogens with one attached hydrogen (secondary N) is 1. The molecule has 1 heterocycles. The van der Waals surface area contributed by atoms with Gasteiger partial charge in [-0.1, -0.05) is 6.07 Å². The van der Waals surface area contributed by atoms with Crippen LogP contribution >= 0.6 is 0 Å². The maximum atomic E-state index is 13.4. The number of ether oxygens (including phenoxy) is 2. The van der Waals surface area contributed by atoms with E-state index in [9.17, 15) is 4.39 Å². The van der Waals surface area contributed by atoms with Crippen molar-refractivity contribution in [3.05, 3.63) is 53.3 Å². The number of benzene rings is 2. The van der Waals surface area contributed by atoms with Gasteiger partial charge in [0.25, 0.3) is 0 Å². The summed E-state index contributed by atoms with van der Waals surface area (Å²) in [5, 5.41) is 3.42. The van der Waals surface area contributed by atoms with E-state index in [0.29, 0.717) is 6.61 Å². The second kappa shape index (κ2) is 5.64. The highest BCUT2D eigenvalue weighted by molar-refractivity contribution is 5.54. The van der Waals surface area contributed by atoms with Crippen LogP contribution in [0, 0.1) is 12.7 Å². The summed E-state index contributed by atoms with van der Waals surface area (Å²) in [7, 11) is 1.64. The fourth-order valence-corrected chi connectivity index (χ4v) is 2.59. The molecule has 21 heavy (non-hydrogen) atoms. The Morgan fingerprint density at radius 2 is 2.10 bits per heavy atom. The Kier molecular flexibility index (Phi) is 3.69. The Labute approximate surface area is 123 Å². The zero-order valence-electron chi connectivity index (χ0n) is 12.2. The summed E-state index contributed by atoms with van der Waals surface area (Å²) < 4.78 is 24.4. The van der Waals surface area contributed by atoms with Gasteiger partial charge in [0.05, 0.1) is 19.8 Å². The topological polar surface area (TPSA) is 30.5 Å². The van der Waals surface area contributed by atoms with Gasteiger partial charge in [-0.2, -0.15) is 0 Å². The van der Waals surface area contributed by atoms with Crippen LogP contribution in [0.2, 0.25) is 0 Å². The first kappa shape index (κ1) is 13.7. The van der Waals surface area contributed by atoms with E-state index >= 15 is 0 Å². The third kappa shape index (κ3) is 2.79. The molecular formula is C17H18FNO2. The molecule has 1 unspecified atom stereocenters. The number of hydrogen-bond donors (Lipinski definition) is 1. The van der Waals surface area contributed by atoms with E-state index in [-0.39, 0.29) is 11.9 Å². The first-order valence-electron chi connectivity index (χ1n) is 7.01. The van der Waals surface area contributed by atoms with Crippen molar-refractivity contribution in [2.45, 2.75) is 19.4 Å². The molecule has 1 atom stereocenters. The van der Waals surface area contributed by atoms with Crippen LogP contribution in [0.5, 0.6) is 11.5 Å². The molecular weight excluding hydrogens is 269 g/mol. The Morgan fingerprint density at radius 3 is 2.90 bits per heavy atom. The summed E-state index contributed by atoms with van der Waals surface area (Å²) in [6.07, 6.45) is 0.829. The van der Waals surface area contributed by atoms with Gasteiger partial charge >= 0.3 is 0 Å². The lowest BCUT2D eigenvalue weighted by molar-refractivity contribution is 0.273. The first-order valence-corrected chi connectivity index (χ1v) is 7.01. The van der Waals surface area contributed by atoms with Crippen molar-refractivity contribution in [2.24, 2.45) is 0 Å². The minimum absolute atomic E-state index is 0.0874. The summed E-state index contributed by atoms with van der Waals surface area (Å²) in [5.41, 5.74) is 2.88. The lowest BCUT2D eigenvalue weighted by atomic mass is 9.99. The molecule has 3 nitrogen and oxygen atoms in total. The molecule has 3 rings (SSSR count). The highest BCUT2D eigenvalue weighted by atomic mass is 19.1. The van der Waals surface area contributed by atoms with Crippen LogP contribution in [-0.4, -0.2) is 13.7 Å². The van der Waals surface area contributed by atoms with Gasteiger partial charge in [0, 0.05) is 17.7 Å². The van der Waals surface area contributed by atoms with Crippen molar-refractivity contribution < 1.29 is 13.9 Å². The summed E-state index contributed by atoms with van der Waals surface area (Å²) in [6, 6.07) is 10.6. The zero-order chi connectivity index (χ0) is 14.8. The van der Waals surface area contributed by atoms with Gasteiger partial charge in [0.15, 0.2) is 0 Å². The van der Waals surface area contributed by atoms with E-state index in [4.69, 9.17) is 9.47 Å². The second-order valence-corrected chi connectivity index (χ2v) is 5.20. The number of rotatable bonds is 3. The summed E-state index contributed by atoms with van der Waals surface area (Å²) >= 11 is 0. The molecule has 0 aromatic heterocycles. The van der Waals surface area contributed by atoms with Crippen LogP contribution in [0.15, 0.2) is 36.4 Å². The standard InChI is InChI=1S/C17H18FNO2/c1-11-3-4-12(18)9-16(11)19-15-7-8-21-17-6-5-13(20-2)10-14(15)17/h3-6,9-10,15,19H,7-8H2,1-2H3. The van der Waals surface area contributed by atoms with E-state index in [0.717, 1.165) is 34.7 Å². The molecule has 1 aliphatic rings. The van der Waals surface area contributed by atoms with E-state index < -0.39 is 0 Å². The number of halogens is 1. The Morgan fingerprint density at radius 1 is 1.24 bits per heavy atom. The van der Waals surface area contributed by atoms with Crippen molar-refractivity contribution in [1.82, 2.24) is 0 Å². The highest BCUT2D eigenvalue weighted by Crippen LogP contribution is 2.37. The van der Waals surface area contributed by atoms with Crippen LogP contribution in [0.1, 0.15) is 23.6 Å². The van der Waals surface area contributed by atoms with Gasteiger partial charge in [0.1, 0.15) is 17.3 Å². The lowest BCUT2D eigenvalue weighted by Gasteiger charge is -2.28. The monoisotopic (exact) mass is 287 g/mol. The predicted octanol–water partition coefficient (Wildman–Crippen LogP) is 4.08. The Hall–Kier alpha value is -2.23. The van der Waals surface area contributed by atoms with Gasteiger partial charge < -0.3 is 14.8 Å². The molecule has 0 amide bonds. The van der Waals surface area contributed by atoms with Gasteiger partial charge in [-0.25, -0.2) is 4.39 Å². The zero-order valence-corrected chi connectivity index (χ0v) is 12.2. The molecule has 0 saturated heterocycles. The molecule has 0 fully saturated rings. The molecule has 4 heteroatoms. The van der Waals surface area contributed by atoms with Crippen molar-refractivity contribution in [3.63, 3.8) is 0 Å². The van der Waals surface area contributed by atoms with E-state index in [1.54, 1.807) is 13.2 Å². The molecule has 0 saturated carbocycles. The molecule has 2 aromatic carbocycles. The van der Waals surface area contributed by atoms with Crippen LogP contribution in [0.3, 0.4) is 0 Å². The van der Waals surface area contributed by atoms with Gasteiger partial charge in [-0.05, 0) is 42.8 Å². The maximum Gasteiger partial charge on any atom is 0.125 e. The first-order chi connectivity index (χ1) is 10.2. The Balaban J connectivity index is 1.92. The smallest absolute Gasteiger partial charge is 0.125 e. The van der Waals surface area contributed by atoms with Crippen LogP contribution in [-0.2, 0) is 0 Å². The molecule has 2 aromatic rings. The number of methoxy groups -OCH3 is 1. The highest BCUT2D eigenvalue weighted by Gasteiger charge is 2.22. The van der Waals surface area contributed by atoms with Crippen LogP contribution in [0.4, 0.5) is 10.1 Å². The molecule has 0 radical (unpaired) electrons. The Bertz CT molecular complexity index is 657. The third-order valence-electron chi connectivity index (χ3n) is 3.79. The predicted molar refractivity (Wildman–Crippen MR) is 80.6 cm³/mol. The fourth-order valence-electron chi connectivity index (χ4n) is 2.59. The average molecular weight is 287 g/mol. The number of anilines is 1. The number of fused-ring (bicyclic) bond motifs is 1. The van der Waals surface area contributed by atoms with E-state index in [1.165, 1.54) is 12.1 Å². The molecule has 1 N–H and O–H groups in total. The average Bonchev–Trinajstić information content (AvgIpc) is 2.51. The van der Waals surface area contributed by atoms with Crippen LogP contribution in [0.25, 0.3) is 0 Å². The van der Waals surface area contributed by atoms with E-state index in [1.807, 2.05) is 25.1 Å². The van der Waals surface area contributed by atoms with E-state index in [2.05, 4.69) is 5.32 Å². The second-order valence-electron chi connectivity index (χ2n) is 5.20. The SMILES string of the molecule is COc1ccc2c(c1)C(Nc1cc(F)ccc1C)CCO2. The van der Waals surface area contributed by atoms with Gasteiger partial charge in [-0.3, -0.25) is 0 Å². The molecule has 0 bridgehead atoms. The summed E-state index contributed by atoms with van der Waals surface area (Å²) in [5.74, 6) is 1.41. The number of aryl methyl sites for hydroxylation is 1. The minimum Gasteiger partial charge on any atom is -0.497 e. The van der Waals surface area contributed by atoms with Crippen LogP contribution < -0.4 is 14.8 Å². The molecule has 1 aliphatic heterocycles. The maximum absolute atomic E-state index is 13.4. The van der Waals surface area contributed by atoms with Crippen molar-refractivity contribution in [2.75, 3.05) is 19.0 Å². The summed E-state index contributed by atoms with van der Waals surface area (Å²) in [6.45, 7) is 2.61. The fraction of sp³-hybridized carbons (Fsp3) is 0.294. The van der Waals surface area contributed by atoms with Gasteiger partial charge in [-0.15, -0.1) is 0 Å². The van der Waals surface area contributed by atoms with Crippen molar-refractivity contribution >= 4 is 5.69 Å². The van der Waals surface area contributed by atoms with Gasteiger partial charge in [0.2, 0.25) is 0 Å². The number of hydrogen-bond acceptors (Lipinski definition) is 3. The quantitative estimate of drug-likeness (QED) is 0.922. The lowest BCUT2D eigenvalue weighted by Crippen LogP contribution is -2.20.